The third kappa shape index (κ3) is 3.02. The first-order valence-corrected chi connectivity index (χ1v) is 9.47. The molecule has 5 rings (SSSR count). The average molecular weight is 358 g/mol. The fourth-order valence-electron chi connectivity index (χ4n) is 3.85. The van der Waals surface area contributed by atoms with E-state index >= 15 is 0 Å². The van der Waals surface area contributed by atoms with Crippen molar-refractivity contribution >= 4 is 39.9 Å². The van der Waals surface area contributed by atoms with Gasteiger partial charge >= 0.3 is 0 Å². The number of amides is 2. The van der Waals surface area contributed by atoms with Crippen molar-refractivity contribution in [1.82, 2.24) is 14.6 Å². The number of aromatic nitrogens is 1. The fraction of sp³-hybridized carbons (Fsp3) is 0.500. The minimum absolute atomic E-state index is 0.0288. The third-order valence-electron chi connectivity index (χ3n) is 5.50. The van der Waals surface area contributed by atoms with Crippen LogP contribution in [0.2, 0.25) is 0 Å². The molecule has 6 nitrogen and oxygen atoms in total. The summed E-state index contributed by atoms with van der Waals surface area (Å²) in [6.45, 7) is 4.80. The average Bonchev–Trinajstić information content (AvgIpc) is 3.05. The second kappa shape index (κ2) is 6.38. The van der Waals surface area contributed by atoms with E-state index in [0.29, 0.717) is 10.8 Å². The lowest BCUT2D eigenvalue weighted by atomic mass is 9.84. The van der Waals surface area contributed by atoms with E-state index in [2.05, 4.69) is 14.6 Å². The number of anilines is 1. The van der Waals surface area contributed by atoms with E-state index in [1.807, 2.05) is 18.2 Å². The summed E-state index contributed by atoms with van der Waals surface area (Å²) in [5, 5.41) is 4.08. The Bertz CT molecular complexity index is 826. The maximum atomic E-state index is 12.8. The molecule has 3 aliphatic heterocycles. The summed E-state index contributed by atoms with van der Waals surface area (Å²) < 4.78 is 4.42. The van der Waals surface area contributed by atoms with E-state index in [1.54, 1.807) is 11.9 Å². The molecular formula is C18H22N4O2S. The van der Waals surface area contributed by atoms with Gasteiger partial charge in [-0.1, -0.05) is 0 Å². The SMILES string of the molecule is CC(=O)N(C)c1ccc2c(C(=O)N[C@@H]3CN4CCC3CC4)snc2c1. The number of piperidine rings is 3. The van der Waals surface area contributed by atoms with Gasteiger partial charge in [0, 0.05) is 37.6 Å². The summed E-state index contributed by atoms with van der Waals surface area (Å²) in [6, 6.07) is 5.86. The third-order valence-corrected chi connectivity index (χ3v) is 6.38. The standard InChI is InChI=1S/C18H22N4O2S/c1-11(23)21(2)13-3-4-14-15(9-13)20-25-17(14)18(24)19-16-10-22-7-5-12(16)6-8-22/h3-4,9,12,16H,5-8,10H2,1-2H3,(H,19,24)/t16-/m1/s1. The van der Waals surface area contributed by atoms with Gasteiger partial charge in [-0.3, -0.25) is 9.59 Å². The molecule has 0 radical (unpaired) electrons. The zero-order valence-electron chi connectivity index (χ0n) is 14.5. The molecule has 1 atom stereocenters. The predicted octanol–water partition coefficient (Wildman–Crippen LogP) is 2.10. The van der Waals surface area contributed by atoms with Gasteiger partial charge < -0.3 is 15.1 Å². The van der Waals surface area contributed by atoms with Crippen LogP contribution in [-0.2, 0) is 4.79 Å². The Morgan fingerprint density at radius 1 is 1.32 bits per heavy atom. The molecule has 25 heavy (non-hydrogen) atoms. The van der Waals surface area contributed by atoms with Crippen molar-refractivity contribution in [1.29, 1.82) is 0 Å². The zero-order valence-corrected chi connectivity index (χ0v) is 15.3. The highest BCUT2D eigenvalue weighted by Crippen LogP contribution is 2.30. The predicted molar refractivity (Wildman–Crippen MR) is 99.1 cm³/mol. The lowest BCUT2D eigenvalue weighted by Gasteiger charge is -2.44. The van der Waals surface area contributed by atoms with Crippen LogP contribution < -0.4 is 10.2 Å². The molecule has 132 valence electrons. The smallest absolute Gasteiger partial charge is 0.263 e. The largest absolute Gasteiger partial charge is 0.347 e. The number of benzene rings is 1. The van der Waals surface area contributed by atoms with Gasteiger partial charge in [-0.2, -0.15) is 4.37 Å². The van der Waals surface area contributed by atoms with Crippen molar-refractivity contribution in [2.24, 2.45) is 5.92 Å². The molecule has 3 fully saturated rings. The Morgan fingerprint density at radius 2 is 2.08 bits per heavy atom. The summed E-state index contributed by atoms with van der Waals surface area (Å²) in [6.07, 6.45) is 2.35. The van der Waals surface area contributed by atoms with Crippen molar-refractivity contribution in [3.63, 3.8) is 0 Å². The molecule has 1 aromatic heterocycles. The van der Waals surface area contributed by atoms with Crippen LogP contribution in [0.4, 0.5) is 5.69 Å². The summed E-state index contributed by atoms with van der Waals surface area (Å²) in [4.78, 5) is 28.9. The van der Waals surface area contributed by atoms with Crippen molar-refractivity contribution in [2.75, 3.05) is 31.6 Å². The number of carbonyl (C=O) groups excluding carboxylic acids is 2. The summed E-state index contributed by atoms with van der Waals surface area (Å²) in [5.74, 6) is 0.540. The Morgan fingerprint density at radius 3 is 2.72 bits per heavy atom. The number of carbonyl (C=O) groups is 2. The second-order valence-corrected chi connectivity index (χ2v) is 7.78. The maximum absolute atomic E-state index is 12.8. The van der Waals surface area contributed by atoms with Gasteiger partial charge in [0.1, 0.15) is 4.88 Å². The lowest BCUT2D eigenvalue weighted by molar-refractivity contribution is -0.116. The normalized spacial score (nSPS) is 25.1. The van der Waals surface area contributed by atoms with Gasteiger partial charge in [0.15, 0.2) is 0 Å². The molecule has 4 heterocycles. The quantitative estimate of drug-likeness (QED) is 0.913. The summed E-state index contributed by atoms with van der Waals surface area (Å²) in [5.41, 5.74) is 1.55. The van der Waals surface area contributed by atoms with Crippen LogP contribution in [0.15, 0.2) is 18.2 Å². The molecule has 0 aliphatic carbocycles. The van der Waals surface area contributed by atoms with E-state index < -0.39 is 0 Å². The van der Waals surface area contributed by atoms with Gasteiger partial charge in [0.05, 0.1) is 5.52 Å². The molecule has 0 saturated carbocycles. The van der Waals surface area contributed by atoms with Crippen molar-refractivity contribution in [2.45, 2.75) is 25.8 Å². The monoisotopic (exact) mass is 358 g/mol. The van der Waals surface area contributed by atoms with Crippen molar-refractivity contribution in [3.05, 3.63) is 23.1 Å². The lowest BCUT2D eigenvalue weighted by Crippen LogP contribution is -2.57. The van der Waals surface area contributed by atoms with Crippen LogP contribution >= 0.6 is 11.5 Å². The second-order valence-electron chi connectivity index (χ2n) is 7.01. The molecule has 1 aromatic carbocycles. The highest BCUT2D eigenvalue weighted by molar-refractivity contribution is 7.09. The summed E-state index contributed by atoms with van der Waals surface area (Å²) in [7, 11) is 1.73. The van der Waals surface area contributed by atoms with E-state index in [1.165, 1.54) is 31.3 Å². The van der Waals surface area contributed by atoms with Crippen LogP contribution in [0, 0.1) is 5.92 Å². The molecule has 3 aliphatic rings. The molecule has 2 bridgehead atoms. The van der Waals surface area contributed by atoms with Gasteiger partial charge in [0.2, 0.25) is 5.91 Å². The highest BCUT2D eigenvalue weighted by atomic mass is 32.1. The number of hydrogen-bond acceptors (Lipinski definition) is 5. The van der Waals surface area contributed by atoms with E-state index in [4.69, 9.17) is 0 Å². The molecule has 2 aromatic rings. The molecule has 1 N–H and O–H groups in total. The van der Waals surface area contributed by atoms with Crippen molar-refractivity contribution in [3.8, 4) is 0 Å². The first kappa shape index (κ1) is 16.5. The number of rotatable bonds is 3. The van der Waals surface area contributed by atoms with Crippen LogP contribution in [0.1, 0.15) is 29.4 Å². The zero-order chi connectivity index (χ0) is 17.6. The van der Waals surface area contributed by atoms with Crippen LogP contribution in [0.3, 0.4) is 0 Å². The van der Waals surface area contributed by atoms with Gasteiger partial charge in [-0.25, -0.2) is 0 Å². The molecule has 0 spiro atoms. The van der Waals surface area contributed by atoms with Crippen LogP contribution in [0.25, 0.3) is 10.9 Å². The molecule has 2 amide bonds. The van der Waals surface area contributed by atoms with Crippen LogP contribution in [0.5, 0.6) is 0 Å². The van der Waals surface area contributed by atoms with Crippen molar-refractivity contribution < 1.29 is 9.59 Å². The number of hydrogen-bond donors (Lipinski definition) is 1. The Labute approximate surface area is 151 Å². The fourth-order valence-corrected chi connectivity index (χ4v) is 4.60. The van der Waals surface area contributed by atoms with E-state index in [0.717, 1.165) is 36.2 Å². The number of nitrogens with zero attached hydrogens (tertiary/aromatic N) is 3. The minimum atomic E-state index is -0.0325. The number of fused-ring (bicyclic) bond motifs is 4. The molecular weight excluding hydrogens is 336 g/mol. The topological polar surface area (TPSA) is 65.5 Å². The molecule has 7 heteroatoms. The van der Waals surface area contributed by atoms with E-state index in [9.17, 15) is 9.59 Å². The van der Waals surface area contributed by atoms with E-state index in [-0.39, 0.29) is 17.9 Å². The first-order valence-electron chi connectivity index (χ1n) is 8.70. The molecule has 3 saturated heterocycles. The maximum Gasteiger partial charge on any atom is 0.263 e. The van der Waals surface area contributed by atoms with Gasteiger partial charge in [0.25, 0.3) is 5.91 Å². The van der Waals surface area contributed by atoms with Crippen LogP contribution in [-0.4, -0.2) is 53.8 Å². The first-order chi connectivity index (χ1) is 12.0. The molecule has 0 unspecified atom stereocenters. The Balaban J connectivity index is 1.55. The van der Waals surface area contributed by atoms with Gasteiger partial charge in [-0.05, 0) is 61.6 Å². The number of nitrogens with one attached hydrogen (secondary N) is 1. The van der Waals surface area contributed by atoms with Gasteiger partial charge in [-0.15, -0.1) is 0 Å². The highest BCUT2D eigenvalue weighted by Gasteiger charge is 2.35. The minimum Gasteiger partial charge on any atom is -0.347 e. The summed E-state index contributed by atoms with van der Waals surface area (Å²) >= 11 is 1.23. The Hall–Kier alpha value is -1.99. The Kier molecular flexibility index (Phi) is 4.21.